The van der Waals surface area contributed by atoms with E-state index >= 15 is 0 Å². The fraction of sp³-hybridized carbons (Fsp3) is 0.300. The largest absolute Gasteiger partial charge is 0.325 e. The molecule has 0 saturated carbocycles. The van der Waals surface area contributed by atoms with Crippen LogP contribution in [0.25, 0.3) is 11.4 Å². The van der Waals surface area contributed by atoms with Gasteiger partial charge >= 0.3 is 0 Å². The van der Waals surface area contributed by atoms with Crippen molar-refractivity contribution in [2.24, 2.45) is 5.92 Å². The number of aromatic nitrogens is 4. The average Bonchev–Trinajstić information content (AvgIpc) is 3.07. The Morgan fingerprint density at radius 3 is 2.59 bits per heavy atom. The van der Waals surface area contributed by atoms with Gasteiger partial charge in [0.2, 0.25) is 5.91 Å². The first-order valence-electron chi connectivity index (χ1n) is 9.11. The van der Waals surface area contributed by atoms with Gasteiger partial charge < -0.3 is 9.88 Å². The number of nitrogens with one attached hydrogen (secondary N) is 1. The van der Waals surface area contributed by atoms with Crippen molar-refractivity contribution in [3.8, 4) is 11.4 Å². The monoisotopic (exact) mass is 433 g/mol. The Morgan fingerprint density at radius 2 is 1.93 bits per heavy atom. The van der Waals surface area contributed by atoms with Crippen molar-refractivity contribution in [1.29, 1.82) is 0 Å². The van der Waals surface area contributed by atoms with Crippen LogP contribution in [-0.4, -0.2) is 30.9 Å². The van der Waals surface area contributed by atoms with Crippen molar-refractivity contribution in [3.05, 3.63) is 53.6 Å². The Labute approximate surface area is 177 Å². The van der Waals surface area contributed by atoms with E-state index in [-0.39, 0.29) is 10.9 Å². The van der Waals surface area contributed by atoms with Gasteiger partial charge in [-0.3, -0.25) is 9.78 Å². The molecule has 0 radical (unpaired) electrons. The molecule has 9 heteroatoms. The molecular weight excluding hydrogens is 413 g/mol. The molecule has 29 heavy (non-hydrogen) atoms. The summed E-state index contributed by atoms with van der Waals surface area (Å²) in [6.45, 7) is 6.72. The molecule has 2 heterocycles. The van der Waals surface area contributed by atoms with E-state index in [2.05, 4.69) is 34.3 Å². The highest BCUT2D eigenvalue weighted by molar-refractivity contribution is 8.00. The maximum atomic E-state index is 13.3. The molecule has 3 aromatic rings. The van der Waals surface area contributed by atoms with Gasteiger partial charge in [-0.05, 0) is 43.2 Å². The van der Waals surface area contributed by atoms with Crippen LogP contribution in [0.15, 0.2) is 47.9 Å². The average molecular weight is 434 g/mol. The lowest BCUT2D eigenvalue weighted by Gasteiger charge is -2.15. The van der Waals surface area contributed by atoms with Crippen LogP contribution in [0, 0.1) is 11.7 Å². The van der Waals surface area contributed by atoms with Gasteiger partial charge in [-0.1, -0.05) is 37.2 Å². The molecule has 152 valence electrons. The second-order valence-corrected chi connectivity index (χ2v) is 8.64. The normalized spacial score (nSPS) is 12.2. The van der Waals surface area contributed by atoms with Crippen LogP contribution in [0.2, 0.25) is 5.02 Å². The number of anilines is 1. The molecule has 1 atom stereocenters. The Hall–Kier alpha value is -2.45. The SMILES string of the molecule is CC(C)Cn1c(S[C@@H](C)C(=O)Nc2ccc(F)c(Cl)c2)nnc1-c1ccncc1. The molecule has 3 rings (SSSR count). The zero-order valence-electron chi connectivity index (χ0n) is 16.3. The highest BCUT2D eigenvalue weighted by atomic mass is 35.5. The molecule has 0 aliphatic heterocycles. The van der Waals surface area contributed by atoms with E-state index in [9.17, 15) is 9.18 Å². The number of hydrogen-bond acceptors (Lipinski definition) is 5. The smallest absolute Gasteiger partial charge is 0.237 e. The summed E-state index contributed by atoms with van der Waals surface area (Å²) in [5.41, 5.74) is 1.35. The van der Waals surface area contributed by atoms with Crippen LogP contribution in [0.4, 0.5) is 10.1 Å². The molecule has 1 amide bonds. The molecule has 0 unspecified atom stereocenters. The third-order valence-electron chi connectivity index (χ3n) is 4.04. The Bertz CT molecular complexity index is 996. The molecule has 1 aromatic carbocycles. The highest BCUT2D eigenvalue weighted by Gasteiger charge is 2.21. The molecule has 0 spiro atoms. The van der Waals surface area contributed by atoms with Crippen LogP contribution in [0.3, 0.4) is 0 Å². The van der Waals surface area contributed by atoms with Gasteiger partial charge in [0.25, 0.3) is 0 Å². The van der Waals surface area contributed by atoms with Crippen LogP contribution in [-0.2, 0) is 11.3 Å². The van der Waals surface area contributed by atoms with Gasteiger partial charge in [0.05, 0.1) is 10.3 Å². The number of nitrogens with zero attached hydrogens (tertiary/aromatic N) is 4. The number of halogens is 2. The summed E-state index contributed by atoms with van der Waals surface area (Å²) in [7, 11) is 0. The molecule has 1 N–H and O–H groups in total. The summed E-state index contributed by atoms with van der Waals surface area (Å²) >= 11 is 7.10. The number of pyridine rings is 1. The van der Waals surface area contributed by atoms with Crippen molar-refractivity contribution in [3.63, 3.8) is 0 Å². The summed E-state index contributed by atoms with van der Waals surface area (Å²) in [5.74, 6) is 0.345. The molecule has 6 nitrogen and oxygen atoms in total. The Morgan fingerprint density at radius 1 is 1.21 bits per heavy atom. The number of hydrogen-bond donors (Lipinski definition) is 1. The molecule has 0 saturated heterocycles. The standard InChI is InChI=1S/C20H21ClFN5OS/c1-12(2)11-27-18(14-6-8-23-9-7-14)25-26-20(27)29-13(3)19(28)24-15-4-5-17(22)16(21)10-15/h4-10,12-13H,11H2,1-3H3,(H,24,28)/t13-/m0/s1. The lowest BCUT2D eigenvalue weighted by Crippen LogP contribution is -2.23. The second kappa shape index (κ2) is 9.37. The summed E-state index contributed by atoms with van der Waals surface area (Å²) in [6, 6.07) is 7.83. The summed E-state index contributed by atoms with van der Waals surface area (Å²) < 4.78 is 15.3. The second-order valence-electron chi connectivity index (χ2n) is 6.92. The molecule has 0 fully saturated rings. The van der Waals surface area contributed by atoms with E-state index in [1.165, 1.54) is 30.0 Å². The van der Waals surface area contributed by atoms with E-state index in [0.29, 0.717) is 16.8 Å². The van der Waals surface area contributed by atoms with Gasteiger partial charge in [-0.15, -0.1) is 10.2 Å². The predicted molar refractivity (Wildman–Crippen MR) is 113 cm³/mol. The molecule has 2 aromatic heterocycles. The maximum Gasteiger partial charge on any atom is 0.237 e. The minimum absolute atomic E-state index is 0.0400. The summed E-state index contributed by atoms with van der Waals surface area (Å²) in [4.78, 5) is 16.6. The molecule has 0 aliphatic carbocycles. The van der Waals surface area contributed by atoms with Gasteiger partial charge in [0.1, 0.15) is 5.82 Å². The van der Waals surface area contributed by atoms with Crippen molar-refractivity contribution < 1.29 is 9.18 Å². The number of thioether (sulfide) groups is 1. The summed E-state index contributed by atoms with van der Waals surface area (Å²) in [5, 5.41) is 11.6. The van der Waals surface area contributed by atoms with Gasteiger partial charge in [0, 0.05) is 30.2 Å². The first-order chi connectivity index (χ1) is 13.8. The first-order valence-corrected chi connectivity index (χ1v) is 10.4. The zero-order chi connectivity index (χ0) is 21.0. The van der Waals surface area contributed by atoms with E-state index in [4.69, 9.17) is 11.6 Å². The molecule has 0 aliphatic rings. The van der Waals surface area contributed by atoms with E-state index in [0.717, 1.165) is 17.9 Å². The van der Waals surface area contributed by atoms with Crippen molar-refractivity contribution in [2.75, 3.05) is 5.32 Å². The number of amides is 1. The third-order valence-corrected chi connectivity index (χ3v) is 5.41. The zero-order valence-corrected chi connectivity index (χ0v) is 17.8. The van der Waals surface area contributed by atoms with E-state index < -0.39 is 11.1 Å². The topological polar surface area (TPSA) is 72.7 Å². The van der Waals surface area contributed by atoms with Crippen molar-refractivity contribution in [1.82, 2.24) is 19.7 Å². The lowest BCUT2D eigenvalue weighted by molar-refractivity contribution is -0.115. The molecule has 0 bridgehead atoms. The fourth-order valence-electron chi connectivity index (χ4n) is 2.65. The number of carbonyl (C=O) groups is 1. The minimum atomic E-state index is -0.530. The number of benzene rings is 1. The predicted octanol–water partition coefficient (Wildman–Crippen LogP) is 4.91. The highest BCUT2D eigenvalue weighted by Crippen LogP contribution is 2.28. The Kier molecular flexibility index (Phi) is 6.87. The fourth-order valence-corrected chi connectivity index (χ4v) is 3.69. The van der Waals surface area contributed by atoms with Crippen molar-refractivity contribution >= 4 is 35.0 Å². The molecular formula is C20H21ClFN5OS. The Balaban J connectivity index is 1.78. The minimum Gasteiger partial charge on any atom is -0.325 e. The van der Waals surface area contributed by atoms with Crippen LogP contribution >= 0.6 is 23.4 Å². The van der Waals surface area contributed by atoms with Crippen molar-refractivity contribution in [2.45, 2.75) is 37.7 Å². The lowest BCUT2D eigenvalue weighted by atomic mass is 10.2. The third kappa shape index (κ3) is 5.33. The van der Waals surface area contributed by atoms with Gasteiger partial charge in [0.15, 0.2) is 11.0 Å². The number of rotatable bonds is 7. The van der Waals surface area contributed by atoms with Crippen LogP contribution < -0.4 is 5.32 Å². The van der Waals surface area contributed by atoms with Gasteiger partial charge in [-0.2, -0.15) is 0 Å². The van der Waals surface area contributed by atoms with Crippen LogP contribution in [0.1, 0.15) is 20.8 Å². The quantitative estimate of drug-likeness (QED) is 0.536. The van der Waals surface area contributed by atoms with E-state index in [1.54, 1.807) is 19.3 Å². The summed E-state index contributed by atoms with van der Waals surface area (Å²) in [6.07, 6.45) is 3.42. The first kappa shape index (κ1) is 21.3. The number of carbonyl (C=O) groups excluding carboxylic acids is 1. The van der Waals surface area contributed by atoms with Gasteiger partial charge in [-0.25, -0.2) is 4.39 Å². The van der Waals surface area contributed by atoms with Crippen LogP contribution in [0.5, 0.6) is 0 Å². The maximum absolute atomic E-state index is 13.3. The van der Waals surface area contributed by atoms with E-state index in [1.807, 2.05) is 16.7 Å².